The number of benzene rings is 1. The first kappa shape index (κ1) is 15.5. The number of hydrogen-bond donors (Lipinski definition) is 1. The maximum atomic E-state index is 10.7. The van der Waals surface area contributed by atoms with Gasteiger partial charge in [0.1, 0.15) is 0 Å². The SMILES string of the molecule is CCCCN(CC(O)c1c(C)cc(C)cc1C)C1CC1. The molecule has 1 aromatic rings. The molecule has 20 heavy (non-hydrogen) atoms. The lowest BCUT2D eigenvalue weighted by Crippen LogP contribution is -2.32. The quantitative estimate of drug-likeness (QED) is 0.815. The van der Waals surface area contributed by atoms with Crippen molar-refractivity contribution in [2.45, 2.75) is 65.5 Å². The summed E-state index contributed by atoms with van der Waals surface area (Å²) in [5.74, 6) is 0. The predicted octanol–water partition coefficient (Wildman–Crippen LogP) is 3.91. The molecule has 0 heterocycles. The Morgan fingerprint density at radius 2 is 1.80 bits per heavy atom. The molecular formula is C18H29NO. The summed E-state index contributed by atoms with van der Waals surface area (Å²) in [5.41, 5.74) is 4.86. The zero-order valence-corrected chi connectivity index (χ0v) is 13.4. The third kappa shape index (κ3) is 3.83. The minimum atomic E-state index is -0.354. The van der Waals surface area contributed by atoms with E-state index in [1.807, 2.05) is 0 Å². The Labute approximate surface area is 123 Å². The van der Waals surface area contributed by atoms with Crippen LogP contribution in [0.2, 0.25) is 0 Å². The summed E-state index contributed by atoms with van der Waals surface area (Å²) in [7, 11) is 0. The van der Waals surface area contributed by atoms with Crippen LogP contribution in [0.1, 0.15) is 61.0 Å². The van der Waals surface area contributed by atoms with Crippen molar-refractivity contribution in [3.8, 4) is 0 Å². The van der Waals surface area contributed by atoms with Crippen LogP contribution in [0.5, 0.6) is 0 Å². The Hall–Kier alpha value is -0.860. The number of aryl methyl sites for hydroxylation is 3. The van der Waals surface area contributed by atoms with Crippen LogP contribution in [-0.4, -0.2) is 29.1 Å². The van der Waals surface area contributed by atoms with Gasteiger partial charge in [-0.25, -0.2) is 0 Å². The summed E-state index contributed by atoms with van der Waals surface area (Å²) < 4.78 is 0. The van der Waals surface area contributed by atoms with Gasteiger partial charge in [-0.2, -0.15) is 0 Å². The molecule has 1 N–H and O–H groups in total. The summed E-state index contributed by atoms with van der Waals surface area (Å²) >= 11 is 0. The Morgan fingerprint density at radius 1 is 1.20 bits per heavy atom. The highest BCUT2D eigenvalue weighted by Gasteiger charge is 2.30. The van der Waals surface area contributed by atoms with Crippen molar-refractivity contribution < 1.29 is 5.11 Å². The minimum absolute atomic E-state index is 0.354. The molecule has 0 amide bonds. The number of rotatable bonds is 7. The lowest BCUT2D eigenvalue weighted by molar-refractivity contribution is 0.107. The maximum absolute atomic E-state index is 10.7. The largest absolute Gasteiger partial charge is 0.387 e. The summed E-state index contributed by atoms with van der Waals surface area (Å²) in [6, 6.07) is 5.08. The van der Waals surface area contributed by atoms with E-state index in [-0.39, 0.29) is 6.10 Å². The summed E-state index contributed by atoms with van der Waals surface area (Å²) in [6.07, 6.45) is 4.72. The molecular weight excluding hydrogens is 246 g/mol. The van der Waals surface area contributed by atoms with Gasteiger partial charge in [-0.15, -0.1) is 0 Å². The first-order valence-electron chi connectivity index (χ1n) is 8.02. The van der Waals surface area contributed by atoms with Crippen molar-refractivity contribution in [3.05, 3.63) is 34.4 Å². The number of nitrogens with zero attached hydrogens (tertiary/aromatic N) is 1. The number of aliphatic hydroxyl groups excluding tert-OH is 1. The van der Waals surface area contributed by atoms with E-state index in [0.29, 0.717) is 0 Å². The molecule has 2 rings (SSSR count). The second-order valence-electron chi connectivity index (χ2n) is 6.41. The van der Waals surface area contributed by atoms with Crippen molar-refractivity contribution in [2.24, 2.45) is 0 Å². The molecule has 1 unspecified atom stereocenters. The van der Waals surface area contributed by atoms with E-state index in [9.17, 15) is 5.11 Å². The maximum Gasteiger partial charge on any atom is 0.0922 e. The number of unbranched alkanes of at least 4 members (excludes halogenated alkanes) is 1. The fourth-order valence-corrected chi connectivity index (χ4v) is 3.25. The number of hydrogen-bond acceptors (Lipinski definition) is 2. The van der Waals surface area contributed by atoms with Crippen LogP contribution in [0.15, 0.2) is 12.1 Å². The molecule has 0 aromatic heterocycles. The van der Waals surface area contributed by atoms with Crippen LogP contribution in [0.3, 0.4) is 0 Å². The highest BCUT2D eigenvalue weighted by molar-refractivity contribution is 5.39. The van der Waals surface area contributed by atoms with Gasteiger partial charge in [0.2, 0.25) is 0 Å². The predicted molar refractivity (Wildman–Crippen MR) is 85.1 cm³/mol. The summed E-state index contributed by atoms with van der Waals surface area (Å²) in [5, 5.41) is 10.7. The topological polar surface area (TPSA) is 23.5 Å². The molecule has 1 fully saturated rings. The lowest BCUT2D eigenvalue weighted by atomic mass is 9.95. The van der Waals surface area contributed by atoms with Gasteiger partial charge >= 0.3 is 0 Å². The third-order valence-corrected chi connectivity index (χ3v) is 4.34. The van der Waals surface area contributed by atoms with E-state index in [2.05, 4.69) is 44.7 Å². The van der Waals surface area contributed by atoms with E-state index in [0.717, 1.165) is 24.7 Å². The molecule has 112 valence electrons. The molecule has 2 heteroatoms. The number of aliphatic hydroxyl groups is 1. The Bertz CT molecular complexity index is 428. The van der Waals surface area contributed by atoms with Crippen LogP contribution < -0.4 is 0 Å². The van der Waals surface area contributed by atoms with Crippen LogP contribution >= 0.6 is 0 Å². The van der Waals surface area contributed by atoms with Crippen LogP contribution in [-0.2, 0) is 0 Å². The normalized spacial score (nSPS) is 16.7. The zero-order chi connectivity index (χ0) is 14.7. The van der Waals surface area contributed by atoms with Crippen molar-refractivity contribution in [1.82, 2.24) is 4.90 Å². The van der Waals surface area contributed by atoms with E-state index >= 15 is 0 Å². The third-order valence-electron chi connectivity index (χ3n) is 4.34. The van der Waals surface area contributed by atoms with Crippen LogP contribution in [0, 0.1) is 20.8 Å². The molecule has 1 aliphatic carbocycles. The fourth-order valence-electron chi connectivity index (χ4n) is 3.25. The molecule has 1 aromatic carbocycles. The Morgan fingerprint density at radius 3 is 2.30 bits per heavy atom. The molecule has 1 saturated carbocycles. The van der Waals surface area contributed by atoms with Gasteiger partial charge in [0.15, 0.2) is 0 Å². The van der Waals surface area contributed by atoms with Crippen LogP contribution in [0.25, 0.3) is 0 Å². The standard InChI is InChI=1S/C18H29NO/c1-5-6-9-19(16-7-8-16)12-17(20)18-14(3)10-13(2)11-15(18)4/h10-11,16-17,20H,5-9,12H2,1-4H3. The monoisotopic (exact) mass is 275 g/mol. The van der Waals surface area contributed by atoms with Gasteiger partial charge in [-0.05, 0) is 63.3 Å². The van der Waals surface area contributed by atoms with Crippen molar-refractivity contribution in [1.29, 1.82) is 0 Å². The summed E-state index contributed by atoms with van der Waals surface area (Å²) in [6.45, 7) is 10.5. The van der Waals surface area contributed by atoms with Crippen molar-refractivity contribution >= 4 is 0 Å². The van der Waals surface area contributed by atoms with Crippen molar-refractivity contribution in [2.75, 3.05) is 13.1 Å². The molecule has 1 atom stereocenters. The van der Waals surface area contributed by atoms with Gasteiger partial charge < -0.3 is 5.11 Å². The average molecular weight is 275 g/mol. The highest BCUT2D eigenvalue weighted by Crippen LogP contribution is 2.31. The Kier molecular flexibility index (Phi) is 5.22. The minimum Gasteiger partial charge on any atom is -0.387 e. The lowest BCUT2D eigenvalue weighted by Gasteiger charge is -2.26. The van der Waals surface area contributed by atoms with Gasteiger partial charge in [0, 0.05) is 12.6 Å². The van der Waals surface area contributed by atoms with Gasteiger partial charge in [-0.1, -0.05) is 31.0 Å². The van der Waals surface area contributed by atoms with E-state index in [4.69, 9.17) is 0 Å². The highest BCUT2D eigenvalue weighted by atomic mass is 16.3. The molecule has 0 bridgehead atoms. The van der Waals surface area contributed by atoms with E-state index < -0.39 is 0 Å². The smallest absolute Gasteiger partial charge is 0.0922 e. The van der Waals surface area contributed by atoms with Gasteiger partial charge in [-0.3, -0.25) is 4.90 Å². The summed E-state index contributed by atoms with van der Waals surface area (Å²) in [4.78, 5) is 2.49. The second-order valence-corrected chi connectivity index (χ2v) is 6.41. The molecule has 0 radical (unpaired) electrons. The van der Waals surface area contributed by atoms with E-state index in [1.165, 1.54) is 42.4 Å². The Balaban J connectivity index is 2.08. The molecule has 0 aliphatic heterocycles. The zero-order valence-electron chi connectivity index (χ0n) is 13.4. The second kappa shape index (κ2) is 6.73. The fraction of sp³-hybridized carbons (Fsp3) is 0.667. The van der Waals surface area contributed by atoms with Gasteiger partial charge in [0.25, 0.3) is 0 Å². The van der Waals surface area contributed by atoms with Crippen molar-refractivity contribution in [3.63, 3.8) is 0 Å². The van der Waals surface area contributed by atoms with Gasteiger partial charge in [0.05, 0.1) is 6.10 Å². The van der Waals surface area contributed by atoms with E-state index in [1.54, 1.807) is 0 Å². The molecule has 0 spiro atoms. The molecule has 1 aliphatic rings. The first-order chi connectivity index (χ1) is 9.52. The first-order valence-corrected chi connectivity index (χ1v) is 8.02. The average Bonchev–Trinajstić information content (AvgIpc) is 3.17. The van der Waals surface area contributed by atoms with Crippen LogP contribution in [0.4, 0.5) is 0 Å². The molecule has 2 nitrogen and oxygen atoms in total. The molecule has 0 saturated heterocycles.